The number of benzene rings is 3. The summed E-state index contributed by atoms with van der Waals surface area (Å²) in [7, 11) is 0. The van der Waals surface area contributed by atoms with Crippen molar-refractivity contribution < 1.29 is 9.59 Å². The van der Waals surface area contributed by atoms with E-state index in [1.807, 2.05) is 36.4 Å². The molecular formula is C24H22N2O2. The maximum atomic E-state index is 13.0. The zero-order chi connectivity index (χ0) is 19.6. The van der Waals surface area contributed by atoms with Crippen molar-refractivity contribution in [3.63, 3.8) is 0 Å². The SMILES string of the molecule is CC(=O)Nc1ccc(NC(=O)[C@@H]2CC2(c2ccccc2)c2ccccc2)cc1. The minimum Gasteiger partial charge on any atom is -0.326 e. The van der Waals surface area contributed by atoms with Crippen molar-refractivity contribution in [2.45, 2.75) is 18.8 Å². The van der Waals surface area contributed by atoms with Crippen molar-refractivity contribution in [3.8, 4) is 0 Å². The van der Waals surface area contributed by atoms with Gasteiger partial charge in [0.05, 0.1) is 5.92 Å². The van der Waals surface area contributed by atoms with E-state index in [2.05, 4.69) is 34.9 Å². The first-order valence-corrected chi connectivity index (χ1v) is 9.39. The van der Waals surface area contributed by atoms with E-state index in [4.69, 9.17) is 0 Å². The fourth-order valence-corrected chi connectivity index (χ4v) is 3.92. The lowest BCUT2D eigenvalue weighted by atomic mass is 9.85. The molecule has 3 aromatic carbocycles. The van der Waals surface area contributed by atoms with Crippen LogP contribution >= 0.6 is 0 Å². The van der Waals surface area contributed by atoms with Gasteiger partial charge in [-0.25, -0.2) is 0 Å². The molecular weight excluding hydrogens is 348 g/mol. The van der Waals surface area contributed by atoms with Crippen molar-refractivity contribution in [1.82, 2.24) is 0 Å². The molecule has 1 fully saturated rings. The largest absolute Gasteiger partial charge is 0.326 e. The number of rotatable bonds is 5. The van der Waals surface area contributed by atoms with Gasteiger partial charge in [0.2, 0.25) is 11.8 Å². The summed E-state index contributed by atoms with van der Waals surface area (Å²) >= 11 is 0. The van der Waals surface area contributed by atoms with Gasteiger partial charge in [-0.05, 0) is 41.8 Å². The zero-order valence-corrected chi connectivity index (χ0v) is 15.7. The molecule has 1 atom stereocenters. The molecule has 1 aliphatic rings. The highest BCUT2D eigenvalue weighted by molar-refractivity contribution is 5.97. The average Bonchev–Trinajstić information content (AvgIpc) is 3.48. The Balaban J connectivity index is 1.55. The summed E-state index contributed by atoms with van der Waals surface area (Å²) in [5, 5.41) is 5.75. The van der Waals surface area contributed by atoms with Crippen molar-refractivity contribution >= 4 is 23.2 Å². The molecule has 0 bridgehead atoms. The lowest BCUT2D eigenvalue weighted by Crippen LogP contribution is -2.22. The lowest BCUT2D eigenvalue weighted by Gasteiger charge is -2.19. The summed E-state index contributed by atoms with van der Waals surface area (Å²) in [6.45, 7) is 1.47. The molecule has 0 saturated heterocycles. The number of amides is 2. The summed E-state index contributed by atoms with van der Waals surface area (Å²) in [4.78, 5) is 24.2. The predicted octanol–water partition coefficient (Wildman–Crippen LogP) is 4.59. The summed E-state index contributed by atoms with van der Waals surface area (Å²) < 4.78 is 0. The smallest absolute Gasteiger partial charge is 0.228 e. The van der Waals surface area contributed by atoms with Gasteiger partial charge in [-0.15, -0.1) is 0 Å². The molecule has 0 heterocycles. The number of carbonyl (C=O) groups is 2. The second-order valence-electron chi connectivity index (χ2n) is 7.21. The van der Waals surface area contributed by atoms with Crippen LogP contribution < -0.4 is 10.6 Å². The highest BCUT2D eigenvalue weighted by Crippen LogP contribution is 2.59. The molecule has 0 unspecified atom stereocenters. The quantitative estimate of drug-likeness (QED) is 0.690. The number of hydrogen-bond acceptors (Lipinski definition) is 2. The van der Waals surface area contributed by atoms with Gasteiger partial charge in [-0.2, -0.15) is 0 Å². The molecule has 1 aliphatic carbocycles. The molecule has 4 rings (SSSR count). The van der Waals surface area contributed by atoms with E-state index in [0.29, 0.717) is 5.69 Å². The Morgan fingerprint density at radius 1 is 0.750 bits per heavy atom. The minimum atomic E-state index is -0.275. The van der Waals surface area contributed by atoms with Crippen LogP contribution in [0.3, 0.4) is 0 Å². The van der Waals surface area contributed by atoms with Gasteiger partial charge in [-0.3, -0.25) is 9.59 Å². The average molecular weight is 370 g/mol. The highest BCUT2D eigenvalue weighted by atomic mass is 16.2. The maximum Gasteiger partial charge on any atom is 0.228 e. The van der Waals surface area contributed by atoms with Gasteiger partial charge in [-0.1, -0.05) is 60.7 Å². The van der Waals surface area contributed by atoms with Crippen LogP contribution in [0.25, 0.3) is 0 Å². The first-order valence-electron chi connectivity index (χ1n) is 9.39. The first kappa shape index (κ1) is 18.0. The summed E-state index contributed by atoms with van der Waals surface area (Å²) in [5.74, 6) is -0.224. The lowest BCUT2D eigenvalue weighted by molar-refractivity contribution is -0.117. The van der Waals surface area contributed by atoms with Gasteiger partial charge in [0.1, 0.15) is 0 Å². The van der Waals surface area contributed by atoms with Crippen LogP contribution in [0.1, 0.15) is 24.5 Å². The van der Waals surface area contributed by atoms with Gasteiger partial charge in [0.25, 0.3) is 0 Å². The van der Waals surface area contributed by atoms with E-state index in [9.17, 15) is 9.59 Å². The summed E-state index contributed by atoms with van der Waals surface area (Å²) in [5.41, 5.74) is 3.49. The van der Waals surface area contributed by atoms with Crippen LogP contribution in [0.2, 0.25) is 0 Å². The molecule has 4 nitrogen and oxygen atoms in total. The Morgan fingerprint density at radius 3 is 1.68 bits per heavy atom. The Labute approximate surface area is 164 Å². The molecule has 2 amide bonds. The highest BCUT2D eigenvalue weighted by Gasteiger charge is 2.60. The Kier molecular flexibility index (Phi) is 4.70. The van der Waals surface area contributed by atoms with Crippen LogP contribution in [0, 0.1) is 5.92 Å². The normalized spacial score (nSPS) is 16.8. The molecule has 140 valence electrons. The van der Waals surface area contributed by atoms with E-state index < -0.39 is 0 Å². The topological polar surface area (TPSA) is 58.2 Å². The number of nitrogens with one attached hydrogen (secondary N) is 2. The minimum absolute atomic E-state index is 0.0139. The Bertz CT molecular complexity index is 943. The molecule has 0 spiro atoms. The fourth-order valence-electron chi connectivity index (χ4n) is 3.92. The van der Waals surface area contributed by atoms with Crippen molar-refractivity contribution in [3.05, 3.63) is 96.1 Å². The van der Waals surface area contributed by atoms with E-state index in [-0.39, 0.29) is 23.1 Å². The van der Waals surface area contributed by atoms with E-state index in [0.717, 1.165) is 12.1 Å². The number of carbonyl (C=O) groups excluding carboxylic acids is 2. The van der Waals surface area contributed by atoms with Crippen LogP contribution in [-0.2, 0) is 15.0 Å². The molecule has 4 heteroatoms. The second kappa shape index (κ2) is 7.31. The first-order chi connectivity index (χ1) is 13.6. The summed E-state index contributed by atoms with van der Waals surface area (Å²) in [6, 6.07) is 27.7. The maximum absolute atomic E-state index is 13.0. The molecule has 0 aliphatic heterocycles. The Morgan fingerprint density at radius 2 is 1.21 bits per heavy atom. The van der Waals surface area contributed by atoms with Gasteiger partial charge >= 0.3 is 0 Å². The van der Waals surface area contributed by atoms with Crippen LogP contribution in [-0.4, -0.2) is 11.8 Å². The number of hydrogen-bond donors (Lipinski definition) is 2. The van der Waals surface area contributed by atoms with Crippen molar-refractivity contribution in [2.24, 2.45) is 5.92 Å². The third-order valence-electron chi connectivity index (χ3n) is 5.33. The molecule has 2 N–H and O–H groups in total. The van der Waals surface area contributed by atoms with Crippen molar-refractivity contribution in [2.75, 3.05) is 10.6 Å². The second-order valence-corrected chi connectivity index (χ2v) is 7.21. The monoisotopic (exact) mass is 370 g/mol. The van der Waals surface area contributed by atoms with Crippen LogP contribution in [0.4, 0.5) is 11.4 Å². The van der Waals surface area contributed by atoms with E-state index in [1.54, 1.807) is 24.3 Å². The van der Waals surface area contributed by atoms with Crippen LogP contribution in [0.15, 0.2) is 84.9 Å². The van der Waals surface area contributed by atoms with Gasteiger partial charge in [0.15, 0.2) is 0 Å². The standard InChI is InChI=1S/C24H22N2O2/c1-17(27)25-20-12-14-21(15-13-20)26-23(28)22-16-24(22,18-8-4-2-5-9-18)19-10-6-3-7-11-19/h2-15,22H,16H2,1H3,(H,25,27)(H,26,28)/t22-/m0/s1. The summed E-state index contributed by atoms with van der Waals surface area (Å²) in [6.07, 6.45) is 0.789. The molecule has 3 aromatic rings. The third kappa shape index (κ3) is 3.41. The van der Waals surface area contributed by atoms with Crippen LogP contribution in [0.5, 0.6) is 0 Å². The third-order valence-corrected chi connectivity index (χ3v) is 5.33. The molecule has 1 saturated carbocycles. The van der Waals surface area contributed by atoms with Crippen molar-refractivity contribution in [1.29, 1.82) is 0 Å². The molecule has 0 aromatic heterocycles. The Hall–Kier alpha value is -3.40. The van der Waals surface area contributed by atoms with E-state index >= 15 is 0 Å². The van der Waals surface area contributed by atoms with E-state index in [1.165, 1.54) is 18.1 Å². The van der Waals surface area contributed by atoms with Gasteiger partial charge in [0, 0.05) is 23.7 Å². The fraction of sp³-hybridized carbons (Fsp3) is 0.167. The molecule has 28 heavy (non-hydrogen) atoms. The molecule has 0 radical (unpaired) electrons. The predicted molar refractivity (Wildman–Crippen MR) is 111 cm³/mol. The number of anilines is 2. The zero-order valence-electron chi connectivity index (χ0n) is 15.7. The van der Waals surface area contributed by atoms with Gasteiger partial charge < -0.3 is 10.6 Å².